The van der Waals surface area contributed by atoms with Crippen molar-refractivity contribution in [1.29, 1.82) is 0 Å². The topological polar surface area (TPSA) is 60.2 Å². The molecule has 2 aromatic rings. The standard InChI is InChI=1S/C17H21ClN4O2/c1-16(2,3)24-15(23)21-8-12-6-17(12,9-21)10-22-7-11-4-5-13(18)19-14(11)20-22/h4-5,7,12H,6,8-10H2,1-3H3/t12?,17-/m1/s1. The van der Waals surface area contributed by atoms with E-state index in [2.05, 4.69) is 10.1 Å². The molecule has 4 rings (SSSR count). The number of hydrogen-bond donors (Lipinski definition) is 0. The molecule has 1 saturated heterocycles. The third kappa shape index (κ3) is 2.83. The van der Waals surface area contributed by atoms with Crippen LogP contribution in [0.4, 0.5) is 4.79 Å². The number of rotatable bonds is 2. The minimum Gasteiger partial charge on any atom is -0.444 e. The molecule has 2 aromatic heterocycles. The average molecular weight is 349 g/mol. The van der Waals surface area contributed by atoms with Crippen molar-refractivity contribution < 1.29 is 9.53 Å². The molecule has 2 aliphatic rings. The van der Waals surface area contributed by atoms with Gasteiger partial charge in [-0.05, 0) is 45.2 Å². The van der Waals surface area contributed by atoms with Crippen molar-refractivity contribution >= 4 is 28.7 Å². The number of fused-ring (bicyclic) bond motifs is 2. The largest absolute Gasteiger partial charge is 0.444 e. The molecule has 2 atom stereocenters. The zero-order valence-corrected chi connectivity index (χ0v) is 14.9. The van der Waals surface area contributed by atoms with Crippen LogP contribution < -0.4 is 0 Å². The first-order chi connectivity index (χ1) is 11.2. The van der Waals surface area contributed by atoms with Crippen LogP contribution in [-0.2, 0) is 11.3 Å². The summed E-state index contributed by atoms with van der Waals surface area (Å²) in [5.74, 6) is 0.536. The average Bonchev–Trinajstić information content (AvgIpc) is 2.82. The quantitative estimate of drug-likeness (QED) is 0.781. The molecule has 0 radical (unpaired) electrons. The normalized spacial score (nSPS) is 25.8. The fourth-order valence-electron chi connectivity index (χ4n) is 3.64. The molecule has 0 aromatic carbocycles. The van der Waals surface area contributed by atoms with Crippen molar-refractivity contribution in [3.8, 4) is 0 Å². The molecule has 6 nitrogen and oxygen atoms in total. The van der Waals surface area contributed by atoms with Crippen molar-refractivity contribution in [2.24, 2.45) is 11.3 Å². The van der Waals surface area contributed by atoms with Crippen molar-refractivity contribution in [1.82, 2.24) is 19.7 Å². The van der Waals surface area contributed by atoms with Gasteiger partial charge in [0.25, 0.3) is 0 Å². The van der Waals surface area contributed by atoms with Gasteiger partial charge in [-0.25, -0.2) is 9.78 Å². The highest BCUT2D eigenvalue weighted by molar-refractivity contribution is 6.29. The number of piperidine rings is 1. The van der Waals surface area contributed by atoms with Crippen LogP contribution in [0.2, 0.25) is 5.15 Å². The van der Waals surface area contributed by atoms with Gasteiger partial charge in [0, 0.05) is 36.6 Å². The first-order valence-electron chi connectivity index (χ1n) is 8.22. The highest BCUT2D eigenvalue weighted by atomic mass is 35.5. The van der Waals surface area contributed by atoms with Gasteiger partial charge >= 0.3 is 6.09 Å². The fourth-order valence-corrected chi connectivity index (χ4v) is 3.78. The third-order valence-electron chi connectivity index (χ3n) is 4.82. The van der Waals surface area contributed by atoms with Gasteiger partial charge in [0.1, 0.15) is 10.8 Å². The van der Waals surface area contributed by atoms with Gasteiger partial charge in [-0.2, -0.15) is 5.10 Å². The van der Waals surface area contributed by atoms with Gasteiger partial charge < -0.3 is 9.64 Å². The summed E-state index contributed by atoms with van der Waals surface area (Å²) < 4.78 is 7.42. The van der Waals surface area contributed by atoms with Crippen LogP contribution in [0.1, 0.15) is 27.2 Å². The van der Waals surface area contributed by atoms with Gasteiger partial charge in [-0.15, -0.1) is 0 Å². The lowest BCUT2D eigenvalue weighted by Gasteiger charge is -2.26. The molecule has 128 valence electrons. The van der Waals surface area contributed by atoms with Crippen molar-refractivity contribution in [3.05, 3.63) is 23.5 Å². The molecule has 1 amide bonds. The first-order valence-corrected chi connectivity index (χ1v) is 8.60. The minimum absolute atomic E-state index is 0.128. The van der Waals surface area contributed by atoms with E-state index in [0.717, 1.165) is 31.4 Å². The van der Waals surface area contributed by atoms with Gasteiger partial charge in [-0.1, -0.05) is 11.6 Å². The number of nitrogens with zero attached hydrogens (tertiary/aromatic N) is 4. The maximum absolute atomic E-state index is 12.3. The SMILES string of the molecule is CC(C)(C)OC(=O)N1CC2C[C@]2(Cn2cc3ccc(Cl)nc3n2)C1. The predicted molar refractivity (Wildman–Crippen MR) is 90.9 cm³/mol. The Labute approximate surface area is 145 Å². The number of carbonyl (C=O) groups excluding carboxylic acids is 1. The van der Waals surface area contributed by atoms with Crippen LogP contribution in [0.15, 0.2) is 18.3 Å². The molecule has 2 fully saturated rings. The summed E-state index contributed by atoms with van der Waals surface area (Å²) in [6.07, 6.45) is 2.92. The van der Waals surface area contributed by atoms with E-state index < -0.39 is 5.60 Å². The Hall–Kier alpha value is -1.82. The van der Waals surface area contributed by atoms with Crippen LogP contribution in [-0.4, -0.2) is 44.4 Å². The van der Waals surface area contributed by atoms with Crippen LogP contribution in [0.5, 0.6) is 0 Å². The van der Waals surface area contributed by atoms with Crippen LogP contribution in [0.25, 0.3) is 11.0 Å². The second-order valence-corrected chi connectivity index (χ2v) is 8.39. The molecule has 24 heavy (non-hydrogen) atoms. The molecule has 1 unspecified atom stereocenters. The highest BCUT2D eigenvalue weighted by Crippen LogP contribution is 2.58. The van der Waals surface area contributed by atoms with Gasteiger partial charge in [0.05, 0.1) is 0 Å². The molecule has 3 heterocycles. The summed E-state index contributed by atoms with van der Waals surface area (Å²) in [5.41, 5.74) is 0.336. The van der Waals surface area contributed by atoms with Gasteiger partial charge in [0.2, 0.25) is 0 Å². The van der Waals surface area contributed by atoms with E-state index in [1.165, 1.54) is 0 Å². The van der Waals surface area contributed by atoms with E-state index in [9.17, 15) is 4.79 Å². The van der Waals surface area contributed by atoms with Crippen LogP contribution >= 0.6 is 11.6 Å². The molecule has 1 aliphatic heterocycles. The summed E-state index contributed by atoms with van der Waals surface area (Å²) in [7, 11) is 0. The number of hydrogen-bond acceptors (Lipinski definition) is 4. The van der Waals surface area contributed by atoms with Crippen molar-refractivity contribution in [3.63, 3.8) is 0 Å². The molecule has 1 saturated carbocycles. The first kappa shape index (κ1) is 15.7. The fraction of sp³-hybridized carbons (Fsp3) is 0.588. The molecule has 0 spiro atoms. The second-order valence-electron chi connectivity index (χ2n) is 8.00. The highest BCUT2D eigenvalue weighted by Gasteiger charge is 2.61. The van der Waals surface area contributed by atoms with E-state index in [-0.39, 0.29) is 11.5 Å². The Kier molecular flexibility index (Phi) is 3.33. The zero-order valence-electron chi connectivity index (χ0n) is 14.1. The lowest BCUT2D eigenvalue weighted by atomic mass is 10.1. The molecule has 1 aliphatic carbocycles. The smallest absolute Gasteiger partial charge is 0.410 e. The Morgan fingerprint density at radius 1 is 1.46 bits per heavy atom. The summed E-state index contributed by atoms with van der Waals surface area (Å²) in [4.78, 5) is 18.3. The third-order valence-corrected chi connectivity index (χ3v) is 5.03. The van der Waals surface area contributed by atoms with Crippen molar-refractivity contribution in [2.75, 3.05) is 13.1 Å². The maximum atomic E-state index is 12.3. The monoisotopic (exact) mass is 348 g/mol. The minimum atomic E-state index is -0.457. The maximum Gasteiger partial charge on any atom is 0.410 e. The van der Waals surface area contributed by atoms with E-state index in [0.29, 0.717) is 16.7 Å². The molecule has 7 heteroatoms. The second kappa shape index (κ2) is 5.09. The number of pyridine rings is 1. The van der Waals surface area contributed by atoms with E-state index in [1.807, 2.05) is 42.6 Å². The number of likely N-dealkylation sites (tertiary alicyclic amines) is 1. The van der Waals surface area contributed by atoms with E-state index in [1.54, 1.807) is 6.07 Å². The number of aromatic nitrogens is 3. The summed E-state index contributed by atoms with van der Waals surface area (Å²) in [6, 6.07) is 3.70. The van der Waals surface area contributed by atoms with E-state index in [4.69, 9.17) is 16.3 Å². The number of halogens is 1. The van der Waals surface area contributed by atoms with Crippen molar-refractivity contribution in [2.45, 2.75) is 39.3 Å². The molecule has 0 N–H and O–H groups in total. The van der Waals surface area contributed by atoms with E-state index >= 15 is 0 Å². The Balaban J connectivity index is 1.46. The number of amides is 1. The Bertz CT molecular complexity index is 813. The summed E-state index contributed by atoms with van der Waals surface area (Å²) in [5, 5.41) is 5.96. The summed E-state index contributed by atoms with van der Waals surface area (Å²) >= 11 is 5.92. The zero-order chi connectivity index (χ0) is 17.1. The van der Waals surface area contributed by atoms with Crippen LogP contribution in [0.3, 0.4) is 0 Å². The van der Waals surface area contributed by atoms with Gasteiger partial charge in [0.15, 0.2) is 5.65 Å². The molecular weight excluding hydrogens is 328 g/mol. The number of ether oxygens (including phenoxy) is 1. The lowest BCUT2D eigenvalue weighted by Crippen LogP contribution is -2.37. The number of carbonyl (C=O) groups is 1. The molecule has 0 bridgehead atoms. The molecular formula is C17H21ClN4O2. The summed E-state index contributed by atoms with van der Waals surface area (Å²) in [6.45, 7) is 7.99. The predicted octanol–water partition coefficient (Wildman–Crippen LogP) is 3.34. The lowest BCUT2D eigenvalue weighted by molar-refractivity contribution is 0.0258. The Morgan fingerprint density at radius 3 is 3.00 bits per heavy atom. The Morgan fingerprint density at radius 2 is 2.25 bits per heavy atom. The van der Waals surface area contributed by atoms with Crippen LogP contribution in [0, 0.1) is 11.3 Å². The van der Waals surface area contributed by atoms with Gasteiger partial charge in [-0.3, -0.25) is 4.68 Å².